The number of aryl methyl sites for hydroxylation is 1. The molecule has 1 aromatic heterocycles. The Balaban J connectivity index is 1.35. The molecule has 6 nitrogen and oxygen atoms in total. The molecule has 1 aliphatic heterocycles. The van der Waals surface area contributed by atoms with E-state index in [1.54, 1.807) is 0 Å². The lowest BCUT2D eigenvalue weighted by Gasteiger charge is -2.17. The van der Waals surface area contributed by atoms with E-state index in [-0.39, 0.29) is 12.7 Å². The van der Waals surface area contributed by atoms with Gasteiger partial charge in [-0.05, 0) is 73.3 Å². The quantitative estimate of drug-likeness (QED) is 0.632. The Bertz CT molecular complexity index is 1150. The Labute approximate surface area is 181 Å². The number of carbonyl (C=O) groups excluding carboxylic acids is 1. The van der Waals surface area contributed by atoms with Gasteiger partial charge >= 0.3 is 0 Å². The average molecular weight is 415 g/mol. The van der Waals surface area contributed by atoms with E-state index in [0.717, 1.165) is 47.4 Å². The van der Waals surface area contributed by atoms with Gasteiger partial charge in [0.05, 0.1) is 5.41 Å². The highest BCUT2D eigenvalue weighted by Gasteiger charge is 2.51. The van der Waals surface area contributed by atoms with Crippen LogP contribution >= 0.6 is 0 Å². The number of nitrogens with zero attached hydrogens (tertiary/aromatic N) is 1. The van der Waals surface area contributed by atoms with Crippen molar-refractivity contribution in [1.29, 1.82) is 0 Å². The van der Waals surface area contributed by atoms with E-state index >= 15 is 0 Å². The van der Waals surface area contributed by atoms with Crippen molar-refractivity contribution in [3.63, 3.8) is 0 Å². The molecular weight excluding hydrogens is 390 g/mol. The summed E-state index contributed by atoms with van der Waals surface area (Å²) >= 11 is 0. The van der Waals surface area contributed by atoms with Crippen LogP contribution in [0.3, 0.4) is 0 Å². The van der Waals surface area contributed by atoms with E-state index in [1.165, 1.54) is 5.56 Å². The number of carbonyl (C=O) groups is 1. The summed E-state index contributed by atoms with van der Waals surface area (Å²) in [5, 5.41) is 6.21. The average Bonchev–Trinajstić information content (AvgIpc) is 3.45. The highest BCUT2D eigenvalue weighted by Crippen LogP contribution is 2.51. The van der Waals surface area contributed by atoms with Crippen molar-refractivity contribution in [2.24, 2.45) is 0 Å². The molecule has 0 radical (unpaired) electrons. The molecule has 1 fully saturated rings. The van der Waals surface area contributed by atoms with Crippen LogP contribution in [0.15, 0.2) is 54.7 Å². The molecular formula is C25H25N3O3. The van der Waals surface area contributed by atoms with Crippen LogP contribution in [0, 0.1) is 6.92 Å². The minimum atomic E-state index is -0.517. The van der Waals surface area contributed by atoms with Crippen LogP contribution in [0.5, 0.6) is 11.5 Å². The summed E-state index contributed by atoms with van der Waals surface area (Å²) in [6.45, 7) is 3.09. The van der Waals surface area contributed by atoms with Gasteiger partial charge in [0.1, 0.15) is 5.82 Å². The monoisotopic (exact) mass is 415 g/mol. The Hall–Kier alpha value is -3.38. The van der Waals surface area contributed by atoms with Crippen LogP contribution in [-0.2, 0) is 16.8 Å². The Morgan fingerprint density at radius 1 is 1.10 bits per heavy atom. The number of fused-ring (bicyclic) bond motifs is 1. The first-order valence-electron chi connectivity index (χ1n) is 10.5. The van der Waals surface area contributed by atoms with Crippen LogP contribution in [0.25, 0.3) is 11.1 Å². The second-order valence-electron chi connectivity index (χ2n) is 8.22. The zero-order chi connectivity index (χ0) is 21.4. The molecule has 0 bridgehead atoms. The number of benzene rings is 2. The molecule has 6 heteroatoms. The van der Waals surface area contributed by atoms with Gasteiger partial charge in [0.2, 0.25) is 12.7 Å². The standard InChI is InChI=1S/C25H25N3O3/c1-16-10-23(27-14-20(16)18-5-3-4-17(11-18)13-26-2)28-24(29)25(8-9-25)19-6-7-21-22(12-19)31-15-30-21/h3-7,10-12,14,26H,8-9,13,15H2,1-2H3,(H,27,28,29). The molecule has 1 aliphatic carbocycles. The maximum Gasteiger partial charge on any atom is 0.236 e. The first kappa shape index (κ1) is 19.6. The van der Waals surface area contributed by atoms with Crippen LogP contribution in [0.2, 0.25) is 0 Å². The molecule has 1 amide bonds. The first-order chi connectivity index (χ1) is 15.1. The number of nitrogens with one attached hydrogen (secondary N) is 2. The summed E-state index contributed by atoms with van der Waals surface area (Å²) in [6, 6.07) is 16.1. The molecule has 0 spiro atoms. The maximum atomic E-state index is 13.1. The predicted molar refractivity (Wildman–Crippen MR) is 119 cm³/mol. The lowest BCUT2D eigenvalue weighted by molar-refractivity contribution is -0.118. The zero-order valence-electron chi connectivity index (χ0n) is 17.7. The predicted octanol–water partition coefficient (Wildman–Crippen LogP) is 4.18. The van der Waals surface area contributed by atoms with E-state index in [9.17, 15) is 4.79 Å². The van der Waals surface area contributed by atoms with Gasteiger partial charge in [0.15, 0.2) is 11.5 Å². The van der Waals surface area contributed by atoms with Gasteiger partial charge < -0.3 is 20.1 Å². The minimum Gasteiger partial charge on any atom is -0.454 e. The fourth-order valence-electron chi connectivity index (χ4n) is 4.18. The number of amides is 1. The van der Waals surface area contributed by atoms with Gasteiger partial charge in [0, 0.05) is 18.3 Å². The third kappa shape index (κ3) is 3.64. The maximum absolute atomic E-state index is 13.1. The number of rotatable bonds is 6. The van der Waals surface area contributed by atoms with Crippen LogP contribution in [0.4, 0.5) is 5.82 Å². The van der Waals surface area contributed by atoms with Crippen LogP contribution < -0.4 is 20.1 Å². The SMILES string of the molecule is CNCc1cccc(-c2cnc(NC(=O)C3(c4ccc5c(c4)OCO5)CC3)cc2C)c1. The number of hydrogen-bond acceptors (Lipinski definition) is 5. The van der Waals surface area contributed by atoms with Gasteiger partial charge in [-0.15, -0.1) is 0 Å². The summed E-state index contributed by atoms with van der Waals surface area (Å²) in [4.78, 5) is 17.7. The van der Waals surface area contributed by atoms with Crippen molar-refractivity contribution in [1.82, 2.24) is 10.3 Å². The summed E-state index contributed by atoms with van der Waals surface area (Å²) in [7, 11) is 1.94. The number of aromatic nitrogens is 1. The lowest BCUT2D eigenvalue weighted by atomic mass is 9.94. The first-order valence-corrected chi connectivity index (χ1v) is 10.5. The van der Waals surface area contributed by atoms with Gasteiger partial charge in [0.25, 0.3) is 0 Å². The topological polar surface area (TPSA) is 72.5 Å². The molecule has 2 heterocycles. The van der Waals surface area contributed by atoms with Crippen molar-refractivity contribution in [2.75, 3.05) is 19.2 Å². The van der Waals surface area contributed by atoms with Crippen LogP contribution in [-0.4, -0.2) is 24.7 Å². The smallest absolute Gasteiger partial charge is 0.236 e. The molecule has 158 valence electrons. The molecule has 2 aliphatic rings. The van der Waals surface area contributed by atoms with Crippen LogP contribution in [0.1, 0.15) is 29.5 Å². The van der Waals surface area contributed by atoms with Gasteiger partial charge in [-0.3, -0.25) is 4.79 Å². The summed E-state index contributed by atoms with van der Waals surface area (Å²) in [6.07, 6.45) is 3.46. The van der Waals surface area contributed by atoms with Crippen molar-refractivity contribution in [3.8, 4) is 22.6 Å². The zero-order valence-corrected chi connectivity index (χ0v) is 17.7. The van der Waals surface area contributed by atoms with Crippen molar-refractivity contribution in [3.05, 3.63) is 71.4 Å². The molecule has 0 unspecified atom stereocenters. The van der Waals surface area contributed by atoms with E-state index in [4.69, 9.17) is 9.47 Å². The second-order valence-corrected chi connectivity index (χ2v) is 8.22. The normalized spacial score (nSPS) is 15.5. The molecule has 0 saturated heterocycles. The second kappa shape index (κ2) is 7.71. The van der Waals surface area contributed by atoms with Gasteiger partial charge in [-0.2, -0.15) is 0 Å². The van der Waals surface area contributed by atoms with Crippen molar-refractivity contribution >= 4 is 11.7 Å². The lowest BCUT2D eigenvalue weighted by Crippen LogP contribution is -2.28. The molecule has 31 heavy (non-hydrogen) atoms. The van der Waals surface area contributed by atoms with E-state index in [0.29, 0.717) is 11.6 Å². The highest BCUT2D eigenvalue weighted by atomic mass is 16.7. The van der Waals surface area contributed by atoms with Gasteiger partial charge in [-0.25, -0.2) is 4.98 Å². The molecule has 5 rings (SSSR count). The Kier molecular flexibility index (Phi) is 4.87. The van der Waals surface area contributed by atoms with Crippen molar-refractivity contribution in [2.45, 2.75) is 31.7 Å². The molecule has 0 atom stereocenters. The fourth-order valence-corrected chi connectivity index (χ4v) is 4.18. The summed E-state index contributed by atoms with van der Waals surface area (Å²) in [5.41, 5.74) is 4.92. The number of ether oxygens (including phenoxy) is 2. The Morgan fingerprint density at radius 3 is 2.71 bits per heavy atom. The number of anilines is 1. The van der Waals surface area contributed by atoms with Crippen molar-refractivity contribution < 1.29 is 14.3 Å². The third-order valence-electron chi connectivity index (χ3n) is 6.08. The summed E-state index contributed by atoms with van der Waals surface area (Å²) in [5.74, 6) is 1.98. The summed E-state index contributed by atoms with van der Waals surface area (Å²) < 4.78 is 10.9. The molecule has 3 aromatic rings. The minimum absolute atomic E-state index is 0.0259. The highest BCUT2D eigenvalue weighted by molar-refractivity contribution is 6.01. The van der Waals surface area contributed by atoms with E-state index < -0.39 is 5.41 Å². The van der Waals surface area contributed by atoms with E-state index in [1.807, 2.05) is 44.4 Å². The molecule has 1 saturated carbocycles. The van der Waals surface area contributed by atoms with E-state index in [2.05, 4.69) is 39.9 Å². The Morgan fingerprint density at radius 2 is 1.94 bits per heavy atom. The van der Waals surface area contributed by atoms with Gasteiger partial charge in [-0.1, -0.05) is 24.3 Å². The third-order valence-corrected chi connectivity index (χ3v) is 6.08. The molecule has 2 N–H and O–H groups in total. The number of hydrogen-bond donors (Lipinski definition) is 2. The fraction of sp³-hybridized carbons (Fsp3) is 0.280. The molecule has 2 aromatic carbocycles. The largest absolute Gasteiger partial charge is 0.454 e. The number of pyridine rings is 1.